The van der Waals surface area contributed by atoms with Gasteiger partial charge in [-0.15, -0.1) is 0 Å². The fourth-order valence-electron chi connectivity index (χ4n) is 5.06. The quantitative estimate of drug-likeness (QED) is 0.441. The molecule has 1 aliphatic heterocycles. The van der Waals surface area contributed by atoms with Crippen LogP contribution in [0.15, 0.2) is 60.8 Å². The van der Waals surface area contributed by atoms with Crippen molar-refractivity contribution in [2.24, 2.45) is 0 Å². The van der Waals surface area contributed by atoms with Crippen LogP contribution in [0, 0.1) is 11.8 Å². The van der Waals surface area contributed by atoms with Crippen molar-refractivity contribution < 1.29 is 0 Å². The van der Waals surface area contributed by atoms with Gasteiger partial charge in [0.15, 0.2) is 0 Å². The first-order chi connectivity index (χ1) is 17.2. The fraction of sp³-hybridized carbons (Fsp3) is 0.400. The third-order valence-corrected chi connectivity index (χ3v) is 7.19. The predicted octanol–water partition coefficient (Wildman–Crippen LogP) is 6.17. The Labute approximate surface area is 209 Å². The molecule has 0 amide bonds. The van der Waals surface area contributed by atoms with Gasteiger partial charge in [0.25, 0.3) is 0 Å². The minimum Gasteiger partial charge on any atom is -0.367 e. The molecule has 35 heavy (non-hydrogen) atoms. The maximum atomic E-state index is 4.98. The third kappa shape index (κ3) is 6.41. The number of nitrogens with zero attached hydrogens (tertiary/aromatic N) is 3. The lowest BCUT2D eigenvalue weighted by Crippen LogP contribution is -2.30. The summed E-state index contributed by atoms with van der Waals surface area (Å²) in [5.74, 6) is 8.63. The second kappa shape index (κ2) is 11.4. The largest absolute Gasteiger partial charge is 0.367 e. The van der Waals surface area contributed by atoms with Crippen LogP contribution >= 0.6 is 0 Å². The molecule has 2 N–H and O–H groups in total. The number of hydrogen-bond acceptors (Lipinski definition) is 5. The minimum atomic E-state index is 0.513. The van der Waals surface area contributed by atoms with E-state index in [1.807, 2.05) is 54.6 Å². The zero-order valence-electron chi connectivity index (χ0n) is 20.6. The molecule has 2 heterocycles. The zero-order valence-corrected chi connectivity index (χ0v) is 20.6. The van der Waals surface area contributed by atoms with Gasteiger partial charge in [-0.25, -0.2) is 4.98 Å². The minimum absolute atomic E-state index is 0.513. The maximum Gasteiger partial charge on any atom is 0.229 e. The highest BCUT2D eigenvalue weighted by atomic mass is 15.2. The summed E-state index contributed by atoms with van der Waals surface area (Å²) in [5, 5.41) is 7.20. The molecular formula is C30H35N5. The summed E-state index contributed by atoms with van der Waals surface area (Å²) in [6.45, 7) is 2.26. The average Bonchev–Trinajstić information content (AvgIpc) is 2.90. The van der Waals surface area contributed by atoms with E-state index in [1.54, 1.807) is 0 Å². The molecule has 180 valence electrons. The summed E-state index contributed by atoms with van der Waals surface area (Å²) in [5.41, 5.74) is 4.25. The van der Waals surface area contributed by atoms with Gasteiger partial charge in [0.05, 0.1) is 0 Å². The molecule has 0 bridgehead atoms. The van der Waals surface area contributed by atoms with E-state index < -0.39 is 0 Å². The summed E-state index contributed by atoms with van der Waals surface area (Å²) < 4.78 is 0. The maximum absolute atomic E-state index is 4.98. The Kier molecular flexibility index (Phi) is 7.60. The van der Waals surface area contributed by atoms with Crippen LogP contribution in [-0.2, 0) is 0 Å². The van der Waals surface area contributed by atoms with Crippen molar-refractivity contribution in [1.29, 1.82) is 0 Å². The highest BCUT2D eigenvalue weighted by molar-refractivity contribution is 5.58. The van der Waals surface area contributed by atoms with E-state index in [4.69, 9.17) is 9.97 Å². The Morgan fingerprint density at radius 3 is 2.23 bits per heavy atom. The summed E-state index contributed by atoms with van der Waals surface area (Å²) in [7, 11) is 2.21. The van der Waals surface area contributed by atoms with Crippen LogP contribution in [0.4, 0.5) is 17.5 Å². The van der Waals surface area contributed by atoms with E-state index in [-0.39, 0.29) is 0 Å². The van der Waals surface area contributed by atoms with Crippen molar-refractivity contribution in [3.8, 4) is 11.8 Å². The van der Waals surface area contributed by atoms with Crippen molar-refractivity contribution in [2.75, 3.05) is 30.8 Å². The van der Waals surface area contributed by atoms with E-state index in [1.165, 1.54) is 37.7 Å². The average molecular weight is 466 g/mol. The number of rotatable bonds is 5. The highest BCUT2D eigenvalue weighted by Gasteiger charge is 2.24. The molecule has 1 saturated carbocycles. The third-order valence-electron chi connectivity index (χ3n) is 7.19. The van der Waals surface area contributed by atoms with Crippen LogP contribution in [0.1, 0.15) is 67.6 Å². The number of benzene rings is 2. The van der Waals surface area contributed by atoms with Crippen LogP contribution in [0.5, 0.6) is 0 Å². The lowest BCUT2D eigenvalue weighted by atomic mass is 9.90. The van der Waals surface area contributed by atoms with Gasteiger partial charge >= 0.3 is 0 Å². The first-order valence-electron chi connectivity index (χ1n) is 13.0. The SMILES string of the molecule is CN1CCC(c2cnc(Nc3ccc(C#Cc4ccccc4)cc3)nc2NC2CCCCC2)CC1. The van der Waals surface area contributed by atoms with Gasteiger partial charge in [0.2, 0.25) is 5.95 Å². The van der Waals surface area contributed by atoms with Crippen LogP contribution in [0.25, 0.3) is 0 Å². The summed E-state index contributed by atoms with van der Waals surface area (Å²) in [6, 6.07) is 18.7. The van der Waals surface area contributed by atoms with Gasteiger partial charge in [-0.2, -0.15) is 4.98 Å². The molecule has 1 aromatic heterocycles. The van der Waals surface area contributed by atoms with E-state index in [2.05, 4.69) is 40.6 Å². The zero-order chi connectivity index (χ0) is 23.9. The number of piperidine rings is 1. The molecule has 0 spiro atoms. The van der Waals surface area contributed by atoms with Crippen molar-refractivity contribution in [2.45, 2.75) is 56.9 Å². The highest BCUT2D eigenvalue weighted by Crippen LogP contribution is 2.33. The molecule has 1 aliphatic carbocycles. The molecule has 3 aromatic rings. The number of likely N-dealkylation sites (tertiary alicyclic amines) is 1. The van der Waals surface area contributed by atoms with Crippen molar-refractivity contribution >= 4 is 17.5 Å². The lowest BCUT2D eigenvalue weighted by molar-refractivity contribution is 0.255. The van der Waals surface area contributed by atoms with Gasteiger partial charge in [-0.3, -0.25) is 0 Å². The molecular weight excluding hydrogens is 430 g/mol. The van der Waals surface area contributed by atoms with E-state index in [0.717, 1.165) is 48.6 Å². The Hall–Kier alpha value is -3.36. The monoisotopic (exact) mass is 465 g/mol. The Morgan fingerprint density at radius 1 is 0.829 bits per heavy atom. The van der Waals surface area contributed by atoms with E-state index in [9.17, 15) is 0 Å². The van der Waals surface area contributed by atoms with Gasteiger partial charge < -0.3 is 15.5 Å². The second-order valence-electron chi connectivity index (χ2n) is 9.87. The van der Waals surface area contributed by atoms with E-state index in [0.29, 0.717) is 17.9 Å². The van der Waals surface area contributed by atoms with E-state index >= 15 is 0 Å². The molecule has 2 aromatic carbocycles. The van der Waals surface area contributed by atoms with Crippen LogP contribution < -0.4 is 10.6 Å². The number of hydrogen-bond donors (Lipinski definition) is 2. The first kappa shape index (κ1) is 23.4. The van der Waals surface area contributed by atoms with Gasteiger partial charge in [-0.05, 0) is 88.1 Å². The summed E-state index contributed by atoms with van der Waals surface area (Å²) in [4.78, 5) is 12.1. The molecule has 0 unspecified atom stereocenters. The molecule has 0 atom stereocenters. The molecule has 2 fully saturated rings. The molecule has 2 aliphatic rings. The fourth-order valence-corrected chi connectivity index (χ4v) is 5.06. The van der Waals surface area contributed by atoms with Crippen LogP contribution in [-0.4, -0.2) is 41.0 Å². The molecule has 0 radical (unpaired) electrons. The predicted molar refractivity (Wildman–Crippen MR) is 144 cm³/mol. The topological polar surface area (TPSA) is 53.1 Å². The van der Waals surface area contributed by atoms with Crippen molar-refractivity contribution in [3.63, 3.8) is 0 Å². The van der Waals surface area contributed by atoms with Gasteiger partial charge in [0.1, 0.15) is 5.82 Å². The van der Waals surface area contributed by atoms with Crippen LogP contribution in [0.3, 0.4) is 0 Å². The van der Waals surface area contributed by atoms with Crippen LogP contribution in [0.2, 0.25) is 0 Å². The number of aromatic nitrogens is 2. The Balaban J connectivity index is 1.31. The standard InChI is InChI=1S/C30H35N5/c1-35-20-18-25(19-21-35)28-22-31-30(34-29(28)32-26-10-6-3-7-11-26)33-27-16-14-24(15-17-27)13-12-23-8-4-2-5-9-23/h2,4-5,8-9,14-17,22,25-26H,3,6-7,10-11,18-21H2,1H3,(H2,31,32,33,34). The summed E-state index contributed by atoms with van der Waals surface area (Å²) >= 11 is 0. The van der Waals surface area contributed by atoms with Crippen molar-refractivity contribution in [1.82, 2.24) is 14.9 Å². The molecule has 5 heteroatoms. The Bertz CT molecular complexity index is 1150. The Morgan fingerprint density at radius 2 is 1.51 bits per heavy atom. The smallest absolute Gasteiger partial charge is 0.229 e. The molecule has 5 rings (SSSR count). The van der Waals surface area contributed by atoms with Gasteiger partial charge in [0, 0.05) is 34.6 Å². The van der Waals surface area contributed by atoms with Gasteiger partial charge in [-0.1, -0.05) is 49.3 Å². The van der Waals surface area contributed by atoms with Crippen molar-refractivity contribution in [3.05, 3.63) is 77.5 Å². The second-order valence-corrected chi connectivity index (χ2v) is 9.87. The lowest BCUT2D eigenvalue weighted by Gasteiger charge is -2.31. The number of anilines is 3. The summed E-state index contributed by atoms with van der Waals surface area (Å²) in [6.07, 6.45) is 10.8. The normalized spacial score (nSPS) is 17.4. The first-order valence-corrected chi connectivity index (χ1v) is 13.0. The molecule has 1 saturated heterocycles. The molecule has 5 nitrogen and oxygen atoms in total. The number of nitrogens with one attached hydrogen (secondary N) is 2.